The van der Waals surface area contributed by atoms with E-state index in [0.717, 1.165) is 24.3 Å². The lowest BCUT2D eigenvalue weighted by Gasteiger charge is -2.17. The van der Waals surface area contributed by atoms with Crippen molar-refractivity contribution in [1.29, 1.82) is 0 Å². The van der Waals surface area contributed by atoms with E-state index in [1.165, 1.54) is 0 Å². The Hall–Kier alpha value is -3.10. The number of hydrogen-bond acceptors (Lipinski definition) is 8. The first-order valence-corrected chi connectivity index (χ1v) is 11.2. The number of ether oxygens (including phenoxy) is 8. The maximum absolute atomic E-state index is 5.90. The van der Waals surface area contributed by atoms with E-state index in [1.807, 2.05) is 30.3 Å². The lowest BCUT2D eigenvalue weighted by Crippen LogP contribution is -2.07. The van der Waals surface area contributed by atoms with Gasteiger partial charge in [-0.05, 0) is 41.3 Å². The molecule has 0 aromatic heterocycles. The van der Waals surface area contributed by atoms with Gasteiger partial charge < -0.3 is 37.9 Å². The highest BCUT2D eigenvalue weighted by Gasteiger charge is 2.26. The summed E-state index contributed by atoms with van der Waals surface area (Å²) in [6.07, 6.45) is 4.41. The minimum atomic E-state index is 0.0727. The van der Waals surface area contributed by atoms with Crippen LogP contribution in [0, 0.1) is 0 Å². The van der Waals surface area contributed by atoms with Crippen LogP contribution in [0.3, 0.4) is 0 Å². The molecule has 0 bridgehead atoms. The Balaban J connectivity index is 1.53. The topological polar surface area (TPSA) is 80.4 Å². The maximum atomic E-state index is 5.90. The molecule has 2 aromatic rings. The van der Waals surface area contributed by atoms with Gasteiger partial charge in [0.05, 0.1) is 41.7 Å². The van der Waals surface area contributed by atoms with E-state index in [9.17, 15) is 0 Å². The van der Waals surface area contributed by atoms with Gasteiger partial charge in [-0.1, -0.05) is 19.1 Å². The largest absolute Gasteiger partial charge is 0.493 e. The van der Waals surface area contributed by atoms with E-state index in [2.05, 4.69) is 13.0 Å². The van der Waals surface area contributed by atoms with Crippen molar-refractivity contribution in [3.05, 3.63) is 41.5 Å². The molecule has 2 saturated heterocycles. The predicted octanol–water partition coefficient (Wildman–Crippen LogP) is 4.09. The Kier molecular flexibility index (Phi) is 7.70. The van der Waals surface area contributed by atoms with Crippen LogP contribution in [0.4, 0.5) is 0 Å². The Bertz CT molecular complexity index is 960. The van der Waals surface area contributed by atoms with Crippen LogP contribution in [0.25, 0.3) is 6.08 Å². The average Bonchev–Trinajstić information content (AvgIpc) is 3.79. The smallest absolute Gasteiger partial charge is 0.203 e. The Morgan fingerprint density at radius 3 is 1.56 bits per heavy atom. The third-order valence-corrected chi connectivity index (χ3v) is 5.70. The lowest BCUT2D eigenvalue weighted by molar-refractivity contribution is 0.240. The molecule has 2 aliphatic heterocycles. The van der Waals surface area contributed by atoms with E-state index in [-0.39, 0.29) is 18.1 Å². The fourth-order valence-corrected chi connectivity index (χ4v) is 3.49. The summed E-state index contributed by atoms with van der Waals surface area (Å²) in [6.45, 7) is 4.49. The van der Waals surface area contributed by atoms with Crippen LogP contribution in [-0.4, -0.2) is 67.1 Å². The molecule has 0 saturated carbocycles. The van der Waals surface area contributed by atoms with E-state index >= 15 is 0 Å². The van der Waals surface area contributed by atoms with Crippen molar-refractivity contribution in [1.82, 2.24) is 0 Å². The summed E-state index contributed by atoms with van der Waals surface area (Å²) in [7, 11) is 6.47. The van der Waals surface area contributed by atoms with E-state index in [1.54, 1.807) is 28.4 Å². The van der Waals surface area contributed by atoms with Crippen LogP contribution in [0.5, 0.6) is 34.5 Å². The molecule has 2 aliphatic rings. The van der Waals surface area contributed by atoms with Gasteiger partial charge in [0, 0.05) is 0 Å². The molecule has 3 unspecified atom stereocenters. The molecule has 0 spiro atoms. The molecule has 4 rings (SSSR count). The number of hydrogen-bond donors (Lipinski definition) is 0. The van der Waals surface area contributed by atoms with Crippen LogP contribution < -0.4 is 28.4 Å². The Morgan fingerprint density at radius 1 is 0.765 bits per heavy atom. The van der Waals surface area contributed by atoms with E-state index in [4.69, 9.17) is 37.9 Å². The van der Waals surface area contributed by atoms with Gasteiger partial charge >= 0.3 is 0 Å². The number of allylic oxidation sites excluding steroid dienone is 1. The molecule has 0 aliphatic carbocycles. The molecular formula is C26H32O8. The molecule has 2 heterocycles. The number of rotatable bonds is 13. The van der Waals surface area contributed by atoms with Gasteiger partial charge in [0.15, 0.2) is 23.0 Å². The van der Waals surface area contributed by atoms with Gasteiger partial charge in [-0.3, -0.25) is 0 Å². The van der Waals surface area contributed by atoms with Gasteiger partial charge in [-0.2, -0.15) is 0 Å². The molecule has 184 valence electrons. The fourth-order valence-electron chi connectivity index (χ4n) is 3.49. The number of benzene rings is 2. The first-order chi connectivity index (χ1) is 16.6. The van der Waals surface area contributed by atoms with Crippen LogP contribution in [0.1, 0.15) is 24.0 Å². The van der Waals surface area contributed by atoms with Crippen molar-refractivity contribution in [2.45, 2.75) is 25.0 Å². The van der Waals surface area contributed by atoms with Gasteiger partial charge in [0.2, 0.25) is 11.5 Å². The number of methoxy groups -OCH3 is 4. The molecule has 0 N–H and O–H groups in total. The van der Waals surface area contributed by atoms with Gasteiger partial charge in [-0.15, -0.1) is 0 Å². The second kappa shape index (κ2) is 10.9. The molecule has 3 atom stereocenters. The second-order valence-electron chi connectivity index (χ2n) is 8.19. The lowest BCUT2D eigenvalue weighted by atomic mass is 9.98. The zero-order valence-corrected chi connectivity index (χ0v) is 20.3. The molecule has 34 heavy (non-hydrogen) atoms. The summed E-state index contributed by atoms with van der Waals surface area (Å²) in [4.78, 5) is 0. The summed E-state index contributed by atoms with van der Waals surface area (Å²) in [5.41, 5.74) is 1.96. The van der Waals surface area contributed by atoms with Gasteiger partial charge in [0.25, 0.3) is 0 Å². The molecule has 2 fully saturated rings. The van der Waals surface area contributed by atoms with Crippen LogP contribution in [0.15, 0.2) is 30.3 Å². The first-order valence-electron chi connectivity index (χ1n) is 11.2. The minimum Gasteiger partial charge on any atom is -0.493 e. The second-order valence-corrected chi connectivity index (χ2v) is 8.19. The van der Waals surface area contributed by atoms with Crippen molar-refractivity contribution >= 4 is 6.08 Å². The summed E-state index contributed by atoms with van der Waals surface area (Å²) in [6, 6.07) is 7.79. The van der Waals surface area contributed by atoms with Crippen LogP contribution >= 0.6 is 0 Å². The SMILES string of the molecule is COc1cc(/C=C/C(C)c2cc(OC)c(OCC3CO3)c(OC)c2)cc(OC)c1OCC1CO1. The standard InChI is InChI=1S/C26H32O8/c1-16(18-10-23(29-4)26(24(11-18)30-5)34-15-20-13-32-20)6-7-17-8-21(27-2)25(22(9-17)28-3)33-14-19-12-31-19/h6-11,16,19-20H,12-15H2,1-5H3/b7-6+. The fraction of sp³-hybridized carbons (Fsp3) is 0.462. The molecule has 8 heteroatoms. The normalized spacial score (nSPS) is 19.4. The predicted molar refractivity (Wildman–Crippen MR) is 127 cm³/mol. The molecule has 0 amide bonds. The first kappa shape index (κ1) is 24.0. The monoisotopic (exact) mass is 472 g/mol. The highest BCUT2D eigenvalue weighted by atomic mass is 16.6. The third-order valence-electron chi connectivity index (χ3n) is 5.70. The van der Waals surface area contributed by atoms with Crippen LogP contribution in [0.2, 0.25) is 0 Å². The number of epoxide rings is 2. The zero-order chi connectivity index (χ0) is 24.1. The minimum absolute atomic E-state index is 0.0727. The van der Waals surface area contributed by atoms with Crippen molar-refractivity contribution in [3.8, 4) is 34.5 Å². The zero-order valence-electron chi connectivity index (χ0n) is 20.3. The maximum Gasteiger partial charge on any atom is 0.203 e. The van der Waals surface area contributed by atoms with Gasteiger partial charge in [0.1, 0.15) is 25.4 Å². The van der Waals surface area contributed by atoms with Gasteiger partial charge in [-0.25, -0.2) is 0 Å². The highest BCUT2D eigenvalue weighted by Crippen LogP contribution is 2.42. The van der Waals surface area contributed by atoms with Crippen LogP contribution in [-0.2, 0) is 9.47 Å². The summed E-state index contributed by atoms with van der Waals surface area (Å²) in [5, 5.41) is 0. The molecule has 8 nitrogen and oxygen atoms in total. The highest BCUT2D eigenvalue weighted by molar-refractivity contribution is 5.63. The molecule has 2 aromatic carbocycles. The van der Waals surface area contributed by atoms with Crippen molar-refractivity contribution < 1.29 is 37.9 Å². The van der Waals surface area contributed by atoms with E-state index in [0.29, 0.717) is 47.7 Å². The van der Waals surface area contributed by atoms with E-state index < -0.39 is 0 Å². The summed E-state index contributed by atoms with van der Waals surface area (Å²) in [5.74, 6) is 3.70. The summed E-state index contributed by atoms with van der Waals surface area (Å²) >= 11 is 0. The Morgan fingerprint density at radius 2 is 1.18 bits per heavy atom. The molecular weight excluding hydrogens is 440 g/mol. The quantitative estimate of drug-likeness (QED) is 0.403. The average molecular weight is 473 g/mol. The summed E-state index contributed by atoms with van der Waals surface area (Å²) < 4.78 is 44.5. The Labute approximate surface area is 200 Å². The van der Waals surface area contributed by atoms with Crippen molar-refractivity contribution in [3.63, 3.8) is 0 Å². The van der Waals surface area contributed by atoms with Crippen molar-refractivity contribution in [2.75, 3.05) is 54.9 Å². The van der Waals surface area contributed by atoms with Crippen molar-refractivity contribution in [2.24, 2.45) is 0 Å². The third kappa shape index (κ3) is 5.87. The molecule has 0 radical (unpaired) electrons.